The summed E-state index contributed by atoms with van der Waals surface area (Å²) >= 11 is 4.63. The predicted octanol–water partition coefficient (Wildman–Crippen LogP) is 4.21. The number of ketones is 1. The van der Waals surface area contributed by atoms with E-state index in [2.05, 4.69) is 15.9 Å². The first kappa shape index (κ1) is 15.0. The van der Waals surface area contributed by atoms with Gasteiger partial charge in [-0.05, 0) is 40.5 Å². The summed E-state index contributed by atoms with van der Waals surface area (Å²) in [5.74, 6) is -0.424. The number of ether oxygens (including phenoxy) is 2. The van der Waals surface area contributed by atoms with Gasteiger partial charge in [-0.2, -0.15) is 0 Å². The van der Waals surface area contributed by atoms with Crippen LogP contribution in [0.5, 0.6) is 11.5 Å². The van der Waals surface area contributed by atoms with Gasteiger partial charge in [0.15, 0.2) is 11.5 Å². The van der Waals surface area contributed by atoms with Crippen molar-refractivity contribution in [2.45, 2.75) is 6.92 Å². The minimum atomic E-state index is -0.630. The van der Waals surface area contributed by atoms with Crippen molar-refractivity contribution < 1.29 is 18.7 Å². The second-order valence-electron chi connectivity index (χ2n) is 4.08. The highest BCUT2D eigenvalue weighted by molar-refractivity contribution is 9.11. The van der Waals surface area contributed by atoms with Gasteiger partial charge in [0.05, 0.1) is 28.4 Å². The lowest BCUT2D eigenvalue weighted by Crippen LogP contribution is -2.04. The minimum absolute atomic E-state index is 0.0311. The van der Waals surface area contributed by atoms with E-state index in [4.69, 9.17) is 9.47 Å². The molecule has 0 aliphatic rings. The molecule has 1 aromatic heterocycles. The van der Waals surface area contributed by atoms with Crippen LogP contribution in [-0.2, 0) is 0 Å². The Morgan fingerprint density at radius 1 is 1.20 bits per heavy atom. The van der Waals surface area contributed by atoms with Gasteiger partial charge in [0.2, 0.25) is 5.78 Å². The van der Waals surface area contributed by atoms with Gasteiger partial charge in [0, 0.05) is 6.07 Å². The summed E-state index contributed by atoms with van der Waals surface area (Å²) in [6.45, 7) is 1.88. The van der Waals surface area contributed by atoms with Crippen molar-refractivity contribution in [3.8, 4) is 11.5 Å². The predicted molar refractivity (Wildman–Crippen MR) is 79.7 cm³/mol. The van der Waals surface area contributed by atoms with Crippen LogP contribution in [0.25, 0.3) is 0 Å². The molecule has 2 aromatic rings. The summed E-state index contributed by atoms with van der Waals surface area (Å²) in [6.07, 6.45) is 0. The fraction of sp³-hybridized carbons (Fsp3) is 0.214. The Balaban J connectivity index is 2.49. The number of thiophene rings is 1. The number of carbonyl (C=O) groups is 1. The molecule has 2 rings (SSSR count). The highest BCUT2D eigenvalue weighted by atomic mass is 79.9. The van der Waals surface area contributed by atoms with E-state index in [-0.39, 0.29) is 17.1 Å². The summed E-state index contributed by atoms with van der Waals surface area (Å²) in [4.78, 5) is 12.8. The lowest BCUT2D eigenvalue weighted by Gasteiger charge is -2.09. The summed E-state index contributed by atoms with van der Waals surface area (Å²) in [6, 6.07) is 4.24. The molecule has 0 spiro atoms. The van der Waals surface area contributed by atoms with Crippen molar-refractivity contribution in [1.82, 2.24) is 0 Å². The highest BCUT2D eigenvalue weighted by Gasteiger charge is 2.20. The maximum atomic E-state index is 14.0. The Kier molecular flexibility index (Phi) is 4.45. The Morgan fingerprint density at radius 3 is 2.30 bits per heavy atom. The van der Waals surface area contributed by atoms with Crippen molar-refractivity contribution in [2.75, 3.05) is 14.2 Å². The lowest BCUT2D eigenvalue weighted by molar-refractivity contribution is 0.103. The Labute approximate surface area is 128 Å². The number of halogens is 2. The molecule has 0 radical (unpaired) electrons. The first-order valence-electron chi connectivity index (χ1n) is 5.70. The van der Waals surface area contributed by atoms with Crippen LogP contribution in [-0.4, -0.2) is 20.0 Å². The van der Waals surface area contributed by atoms with Gasteiger partial charge in [-0.1, -0.05) is 0 Å². The molecule has 1 heterocycles. The molecule has 0 atom stereocenters. The van der Waals surface area contributed by atoms with Crippen LogP contribution in [0.1, 0.15) is 20.8 Å². The maximum absolute atomic E-state index is 14.0. The summed E-state index contributed by atoms with van der Waals surface area (Å²) in [5, 5.41) is 0. The van der Waals surface area contributed by atoms with E-state index in [0.717, 1.165) is 15.4 Å². The van der Waals surface area contributed by atoms with E-state index < -0.39 is 5.82 Å². The van der Waals surface area contributed by atoms with Gasteiger partial charge >= 0.3 is 0 Å². The van der Waals surface area contributed by atoms with E-state index in [1.807, 2.05) is 6.92 Å². The van der Waals surface area contributed by atoms with E-state index in [1.54, 1.807) is 6.07 Å². The zero-order valence-electron chi connectivity index (χ0n) is 11.1. The molecule has 0 fully saturated rings. The van der Waals surface area contributed by atoms with Gasteiger partial charge in [-0.25, -0.2) is 4.39 Å². The molecular weight excluding hydrogens is 347 g/mol. The first-order chi connectivity index (χ1) is 9.47. The van der Waals surface area contributed by atoms with Gasteiger partial charge < -0.3 is 9.47 Å². The second-order valence-corrected chi connectivity index (χ2v) is 6.45. The third kappa shape index (κ3) is 2.71. The first-order valence-corrected chi connectivity index (χ1v) is 7.31. The van der Waals surface area contributed by atoms with Crippen molar-refractivity contribution in [1.29, 1.82) is 0 Å². The molecule has 0 saturated carbocycles. The number of methoxy groups -OCH3 is 2. The molecular formula is C14H12BrFO3S. The molecule has 0 N–H and O–H groups in total. The summed E-state index contributed by atoms with van der Waals surface area (Å²) in [5.41, 5.74) is 0.913. The van der Waals surface area contributed by atoms with Crippen molar-refractivity contribution in [3.63, 3.8) is 0 Å². The van der Waals surface area contributed by atoms with Crippen LogP contribution in [0.2, 0.25) is 0 Å². The smallest absolute Gasteiger partial charge is 0.206 e. The molecule has 6 heteroatoms. The molecule has 3 nitrogen and oxygen atoms in total. The summed E-state index contributed by atoms with van der Waals surface area (Å²) in [7, 11) is 2.86. The molecule has 0 saturated heterocycles. The third-order valence-electron chi connectivity index (χ3n) is 2.80. The minimum Gasteiger partial charge on any atom is -0.493 e. The van der Waals surface area contributed by atoms with Gasteiger partial charge in [0.25, 0.3) is 0 Å². The number of rotatable bonds is 4. The van der Waals surface area contributed by atoms with Gasteiger partial charge in [-0.15, -0.1) is 11.3 Å². The van der Waals surface area contributed by atoms with Gasteiger partial charge in [0.1, 0.15) is 5.82 Å². The molecule has 0 aliphatic carbocycles. The van der Waals surface area contributed by atoms with Crippen molar-refractivity contribution in [2.24, 2.45) is 0 Å². The average molecular weight is 359 g/mol. The molecule has 0 amide bonds. The molecule has 1 aromatic carbocycles. The van der Waals surface area contributed by atoms with Crippen molar-refractivity contribution in [3.05, 3.63) is 43.8 Å². The number of carbonyl (C=O) groups excluding carboxylic acids is 1. The summed E-state index contributed by atoms with van der Waals surface area (Å²) < 4.78 is 25.0. The Morgan fingerprint density at radius 2 is 1.80 bits per heavy atom. The fourth-order valence-electron chi connectivity index (χ4n) is 1.73. The molecule has 106 valence electrons. The Bertz CT molecular complexity index is 647. The van der Waals surface area contributed by atoms with Gasteiger partial charge in [-0.3, -0.25) is 4.79 Å². The quantitative estimate of drug-likeness (QED) is 0.768. The van der Waals surface area contributed by atoms with Crippen LogP contribution in [0.4, 0.5) is 4.39 Å². The van der Waals surface area contributed by atoms with Crippen LogP contribution in [0, 0.1) is 12.7 Å². The largest absolute Gasteiger partial charge is 0.493 e. The van der Waals surface area contributed by atoms with E-state index in [9.17, 15) is 9.18 Å². The van der Waals surface area contributed by atoms with Crippen LogP contribution >= 0.6 is 27.3 Å². The molecule has 0 aliphatic heterocycles. The Hall–Kier alpha value is -1.40. The van der Waals surface area contributed by atoms with E-state index >= 15 is 0 Å². The zero-order chi connectivity index (χ0) is 14.9. The highest BCUT2D eigenvalue weighted by Crippen LogP contribution is 2.33. The van der Waals surface area contributed by atoms with E-state index in [0.29, 0.717) is 10.6 Å². The lowest BCUT2D eigenvalue weighted by atomic mass is 10.1. The van der Waals surface area contributed by atoms with Crippen molar-refractivity contribution >= 4 is 33.0 Å². The normalized spacial score (nSPS) is 10.4. The SMILES string of the molecule is COc1cc(F)c(C(=O)c2cc(C)c(Br)s2)cc1OC. The van der Waals surface area contributed by atoms with E-state index in [1.165, 1.54) is 31.6 Å². The van der Waals surface area contributed by atoms with Crippen LogP contribution in [0.3, 0.4) is 0 Å². The zero-order valence-corrected chi connectivity index (χ0v) is 13.5. The molecule has 0 bridgehead atoms. The number of benzene rings is 1. The fourth-order valence-corrected chi connectivity index (χ4v) is 3.22. The monoisotopic (exact) mass is 358 g/mol. The third-order valence-corrected chi connectivity index (χ3v) is 4.93. The number of hydrogen-bond acceptors (Lipinski definition) is 4. The average Bonchev–Trinajstić information content (AvgIpc) is 2.77. The topological polar surface area (TPSA) is 35.5 Å². The molecule has 0 unspecified atom stereocenters. The second kappa shape index (κ2) is 5.93. The maximum Gasteiger partial charge on any atom is 0.206 e. The van der Waals surface area contributed by atoms with Crippen LogP contribution in [0.15, 0.2) is 22.0 Å². The number of aryl methyl sites for hydroxylation is 1. The molecule has 20 heavy (non-hydrogen) atoms. The number of hydrogen-bond donors (Lipinski definition) is 0. The standard InChI is InChI=1S/C14H12BrFO3S/c1-7-4-12(20-14(7)15)13(17)8-5-10(18-2)11(19-3)6-9(8)16/h4-6H,1-3H3. The van der Waals surface area contributed by atoms with Crippen LogP contribution < -0.4 is 9.47 Å².